The van der Waals surface area contributed by atoms with Gasteiger partial charge in [0.1, 0.15) is 24.0 Å². The number of benzene rings is 1. The van der Waals surface area contributed by atoms with E-state index in [-0.39, 0.29) is 5.75 Å². The Bertz CT molecular complexity index is 1300. The van der Waals surface area contributed by atoms with Crippen LogP contribution >= 0.6 is 7.75 Å². The van der Waals surface area contributed by atoms with Crippen LogP contribution in [0.15, 0.2) is 46.1 Å². The average Bonchev–Trinajstić information content (AvgIpc) is 3.05. The Labute approximate surface area is 216 Å². The number of H-pyrrole nitrogens is 1. The minimum Gasteiger partial charge on any atom is -0.462 e. The highest BCUT2D eigenvalue weighted by Crippen LogP contribution is 2.49. The highest BCUT2D eigenvalue weighted by molar-refractivity contribution is 7.52. The van der Waals surface area contributed by atoms with Gasteiger partial charge in [-0.3, -0.25) is 23.7 Å². The van der Waals surface area contributed by atoms with Crippen LogP contribution in [0.5, 0.6) is 5.75 Å². The van der Waals surface area contributed by atoms with E-state index >= 15 is 4.39 Å². The van der Waals surface area contributed by atoms with Crippen molar-refractivity contribution in [3.63, 3.8) is 0 Å². The number of alkyl halides is 1. The molecular weight excluding hydrogens is 531 g/mol. The zero-order valence-electron chi connectivity index (χ0n) is 21.3. The van der Waals surface area contributed by atoms with Crippen molar-refractivity contribution in [3.05, 3.63) is 63.2 Å². The number of rotatable bonds is 10. The Morgan fingerprint density at radius 1 is 1.24 bits per heavy atom. The Balaban J connectivity index is 1.88. The zero-order valence-corrected chi connectivity index (χ0v) is 22.2. The molecule has 2 heterocycles. The second-order valence-corrected chi connectivity index (χ2v) is 10.9. The number of ether oxygens (including phenoxy) is 2. The number of nitrogens with zero attached hydrogens (tertiary/aromatic N) is 1. The van der Waals surface area contributed by atoms with E-state index in [1.165, 1.54) is 26.0 Å². The normalized spacial score (nSPS) is 26.5. The van der Waals surface area contributed by atoms with Crippen molar-refractivity contribution < 1.29 is 41.8 Å². The van der Waals surface area contributed by atoms with Gasteiger partial charge in [0.2, 0.25) is 5.82 Å². The van der Waals surface area contributed by atoms with Gasteiger partial charge in [-0.2, -0.15) is 9.48 Å². The van der Waals surface area contributed by atoms with Gasteiger partial charge >= 0.3 is 19.4 Å². The van der Waals surface area contributed by atoms with Crippen LogP contribution in [0.2, 0.25) is 0 Å². The van der Waals surface area contributed by atoms with Gasteiger partial charge in [-0.05, 0) is 46.8 Å². The van der Waals surface area contributed by atoms with Crippen molar-refractivity contribution in [1.29, 1.82) is 0 Å². The number of carbonyl (C=O) groups is 1. The maximum atomic E-state index is 15.6. The maximum Gasteiger partial charge on any atom is 0.459 e. The number of para-hydroxylation sites is 1. The van der Waals surface area contributed by atoms with Crippen molar-refractivity contribution >= 4 is 13.7 Å². The largest absolute Gasteiger partial charge is 0.462 e. The summed E-state index contributed by atoms with van der Waals surface area (Å²) in [6.07, 6.45) is -6.76. The Morgan fingerprint density at radius 2 is 1.87 bits per heavy atom. The van der Waals surface area contributed by atoms with Gasteiger partial charge in [0, 0.05) is 0 Å². The summed E-state index contributed by atoms with van der Waals surface area (Å²) in [5, 5.41) is 13.2. The molecule has 0 radical (unpaired) electrons. The number of esters is 1. The summed E-state index contributed by atoms with van der Waals surface area (Å²) in [6.45, 7) is 6.83. The number of halogens is 2. The number of aromatic amines is 1. The Hall–Kier alpha value is -2.90. The third kappa shape index (κ3) is 6.56. The number of hydrogen-bond acceptors (Lipinski definition) is 9. The smallest absolute Gasteiger partial charge is 0.459 e. The molecule has 15 heteroatoms. The van der Waals surface area contributed by atoms with Crippen LogP contribution in [0.25, 0.3) is 0 Å². The minimum absolute atomic E-state index is 0.108. The fraction of sp³-hybridized carbons (Fsp3) is 0.522. The van der Waals surface area contributed by atoms with E-state index in [4.69, 9.17) is 18.5 Å². The number of aliphatic hydroxyl groups excluding tert-OH is 1. The average molecular weight is 561 g/mol. The van der Waals surface area contributed by atoms with Crippen LogP contribution in [0.3, 0.4) is 0 Å². The van der Waals surface area contributed by atoms with Crippen molar-refractivity contribution in [1.82, 2.24) is 14.6 Å². The molecular formula is C23H30F2N3O9P. The second-order valence-electron chi connectivity index (χ2n) is 9.24. The molecule has 0 saturated carbocycles. The molecule has 1 aliphatic rings. The molecule has 2 aromatic rings. The van der Waals surface area contributed by atoms with E-state index in [9.17, 15) is 28.4 Å². The van der Waals surface area contributed by atoms with E-state index in [1.807, 2.05) is 0 Å². The summed E-state index contributed by atoms with van der Waals surface area (Å²) in [4.78, 5) is 37.6. The number of carbonyl (C=O) groups excluding carboxylic acids is 1. The lowest BCUT2D eigenvalue weighted by atomic mass is 9.96. The quantitative estimate of drug-likeness (QED) is 0.290. The van der Waals surface area contributed by atoms with Crippen LogP contribution in [0.4, 0.5) is 8.78 Å². The van der Waals surface area contributed by atoms with Crippen LogP contribution in [0, 0.1) is 5.82 Å². The van der Waals surface area contributed by atoms with E-state index < -0.39 is 73.1 Å². The molecule has 1 unspecified atom stereocenters. The summed E-state index contributed by atoms with van der Waals surface area (Å²) in [5.74, 6) is -2.02. The first-order valence-electron chi connectivity index (χ1n) is 11.7. The molecule has 0 aliphatic carbocycles. The fourth-order valence-electron chi connectivity index (χ4n) is 3.76. The molecule has 3 N–H and O–H groups in total. The topological polar surface area (TPSA) is 158 Å². The zero-order chi connectivity index (χ0) is 28.4. The molecule has 1 aliphatic heterocycles. The fourth-order valence-corrected chi connectivity index (χ4v) is 5.46. The van der Waals surface area contributed by atoms with Gasteiger partial charge in [-0.25, -0.2) is 13.8 Å². The monoisotopic (exact) mass is 561 g/mol. The highest BCUT2D eigenvalue weighted by atomic mass is 31.2. The summed E-state index contributed by atoms with van der Waals surface area (Å²) in [5.41, 5.74) is -5.17. The summed E-state index contributed by atoms with van der Waals surface area (Å²) in [7, 11) is -4.43. The minimum atomic E-state index is -4.43. The number of hydrogen-bond donors (Lipinski definition) is 3. The van der Waals surface area contributed by atoms with Crippen molar-refractivity contribution in [2.24, 2.45) is 0 Å². The van der Waals surface area contributed by atoms with Crippen molar-refractivity contribution in [2.45, 2.75) is 77.0 Å². The maximum absolute atomic E-state index is 15.6. The van der Waals surface area contributed by atoms with E-state index in [1.54, 1.807) is 37.0 Å². The third-order valence-electron chi connectivity index (χ3n) is 5.63. The molecule has 1 aromatic heterocycles. The van der Waals surface area contributed by atoms with Gasteiger partial charge in [0.05, 0.1) is 18.4 Å². The molecule has 1 saturated heterocycles. The van der Waals surface area contributed by atoms with E-state index in [0.717, 1.165) is 6.92 Å². The standard InChI is InChI=1S/C23H30F2N3O9P/c1-12(2)34-20(31)13(3)27-38(33,37-15-9-7-6-8-10-15)36-14(4)17-18(29)23(5,25)21(35-17)28-11-16(24)19(30)26-22(28)32/h6-14,17-18,21,29H,1-5H3,(H,27,33)(H,26,30,32)/t13-,14+,17+,18?,21+,23+,38-/m0/s1. The Morgan fingerprint density at radius 3 is 2.47 bits per heavy atom. The summed E-state index contributed by atoms with van der Waals surface area (Å²) in [6, 6.07) is 6.67. The molecule has 12 nitrogen and oxygen atoms in total. The molecule has 210 valence electrons. The van der Waals surface area contributed by atoms with Crippen molar-refractivity contribution in [3.8, 4) is 5.75 Å². The van der Waals surface area contributed by atoms with Gasteiger partial charge in [0.25, 0.3) is 5.56 Å². The summed E-state index contributed by atoms with van der Waals surface area (Å²) < 4.78 is 65.5. The molecule has 0 bridgehead atoms. The van der Waals surface area contributed by atoms with Crippen LogP contribution < -0.4 is 20.9 Å². The summed E-state index contributed by atoms with van der Waals surface area (Å²) >= 11 is 0. The van der Waals surface area contributed by atoms with Gasteiger partial charge in [-0.1, -0.05) is 18.2 Å². The lowest BCUT2D eigenvalue weighted by Crippen LogP contribution is -2.45. The van der Waals surface area contributed by atoms with Crippen LogP contribution in [0.1, 0.15) is 40.8 Å². The molecule has 3 rings (SSSR count). The number of aromatic nitrogens is 2. The molecule has 1 aromatic carbocycles. The van der Waals surface area contributed by atoms with Crippen LogP contribution in [-0.4, -0.2) is 56.8 Å². The lowest BCUT2D eigenvalue weighted by molar-refractivity contribution is -0.149. The first-order valence-corrected chi connectivity index (χ1v) is 13.2. The molecule has 7 atom stereocenters. The number of aliphatic hydroxyl groups is 1. The van der Waals surface area contributed by atoms with Gasteiger partial charge < -0.3 is 19.1 Å². The predicted molar refractivity (Wildman–Crippen MR) is 130 cm³/mol. The highest BCUT2D eigenvalue weighted by Gasteiger charge is 2.58. The van der Waals surface area contributed by atoms with Gasteiger partial charge in [-0.15, -0.1) is 0 Å². The van der Waals surface area contributed by atoms with E-state index in [2.05, 4.69) is 5.09 Å². The third-order valence-corrected chi connectivity index (χ3v) is 7.39. The molecule has 1 fully saturated rings. The van der Waals surface area contributed by atoms with Crippen molar-refractivity contribution in [2.75, 3.05) is 0 Å². The lowest BCUT2D eigenvalue weighted by Gasteiger charge is -2.29. The van der Waals surface area contributed by atoms with Crippen LogP contribution in [-0.2, 0) is 23.4 Å². The van der Waals surface area contributed by atoms with E-state index in [0.29, 0.717) is 10.8 Å². The molecule has 0 amide bonds. The predicted octanol–water partition coefficient (Wildman–Crippen LogP) is 2.18. The number of nitrogens with one attached hydrogen (secondary N) is 2. The molecule has 38 heavy (non-hydrogen) atoms. The molecule has 0 spiro atoms. The van der Waals surface area contributed by atoms with Gasteiger partial charge in [0.15, 0.2) is 11.9 Å². The first kappa shape index (κ1) is 29.7. The SMILES string of the molecule is CC(C)OC(=O)[C@H](C)N[P@@](=O)(Oc1ccccc1)O[C@H](C)[C@H]1O[C@@H](n2cc(F)c(=O)[nH]c2=O)[C@](C)(F)C1O. The first-order chi connectivity index (χ1) is 17.6. The second kappa shape index (κ2) is 11.5. The Kier molecular flexibility index (Phi) is 8.94.